The highest BCUT2D eigenvalue weighted by atomic mass is 15.2. The monoisotopic (exact) mass is 727 g/mol. The molecule has 0 saturated heterocycles. The van der Waals surface area contributed by atoms with Crippen molar-refractivity contribution in [2.24, 2.45) is 0 Å². The number of para-hydroxylation sites is 4. The SMILES string of the molecule is C1=Cc2c(n(-c3ccccc3)c3ccccc23)C(N(c2cccc(-c3cccc4c3[nH]c3ccccc34)c2)c2ccc3c4ccccc4c4ccccc4c3c2)C1. The van der Waals surface area contributed by atoms with Crippen LogP contribution in [0.4, 0.5) is 11.4 Å². The van der Waals surface area contributed by atoms with E-state index in [0.29, 0.717) is 0 Å². The molecule has 3 heteroatoms. The van der Waals surface area contributed by atoms with Gasteiger partial charge in [-0.25, -0.2) is 0 Å². The standard InChI is InChI=1S/C54H37N3/c1-2-16-36(17-3-1)57-51-29-11-9-24-46(51)48-27-14-30-52(54(48)57)56(38-31-32-44-42-21-5-4-19-40(42)41-20-6-7-22-43(41)49(44)34-38)37-18-12-15-35(33-37)39-25-13-26-47-45-23-8-10-28-50(45)55-53(39)47/h1-29,31-34,52,55H,30H2. The number of nitrogens with zero attached hydrogens (tertiary/aromatic N) is 2. The summed E-state index contributed by atoms with van der Waals surface area (Å²) >= 11 is 0. The normalized spacial score (nSPS) is 14.0. The van der Waals surface area contributed by atoms with Crippen LogP contribution in [0.25, 0.3) is 87.9 Å². The lowest BCUT2D eigenvalue weighted by Crippen LogP contribution is -2.27. The van der Waals surface area contributed by atoms with Gasteiger partial charge in [-0.2, -0.15) is 0 Å². The molecule has 268 valence electrons. The van der Waals surface area contributed by atoms with Gasteiger partial charge in [0.2, 0.25) is 0 Å². The molecule has 1 aliphatic carbocycles. The van der Waals surface area contributed by atoms with Gasteiger partial charge in [0, 0.05) is 49.9 Å². The van der Waals surface area contributed by atoms with Gasteiger partial charge in [-0.05, 0) is 92.8 Å². The topological polar surface area (TPSA) is 24.0 Å². The summed E-state index contributed by atoms with van der Waals surface area (Å²) in [6.45, 7) is 0. The molecule has 1 unspecified atom stereocenters. The van der Waals surface area contributed by atoms with Crippen LogP contribution in [-0.4, -0.2) is 9.55 Å². The summed E-state index contributed by atoms with van der Waals surface area (Å²) in [5, 5.41) is 11.4. The molecule has 9 aromatic carbocycles. The molecule has 0 bridgehead atoms. The van der Waals surface area contributed by atoms with Crippen LogP contribution in [-0.2, 0) is 0 Å². The number of hydrogen-bond donors (Lipinski definition) is 1. The van der Waals surface area contributed by atoms with E-state index in [9.17, 15) is 0 Å². The van der Waals surface area contributed by atoms with Crippen LogP contribution in [0.5, 0.6) is 0 Å². The van der Waals surface area contributed by atoms with E-state index >= 15 is 0 Å². The molecule has 1 N–H and O–H groups in total. The fraction of sp³-hybridized carbons (Fsp3) is 0.0370. The summed E-state index contributed by atoms with van der Waals surface area (Å²) in [6.07, 6.45) is 5.58. The maximum atomic E-state index is 3.77. The number of H-pyrrole nitrogens is 1. The molecular formula is C54H37N3. The van der Waals surface area contributed by atoms with E-state index in [1.54, 1.807) is 0 Å². The Bertz CT molecular complexity index is 3370. The van der Waals surface area contributed by atoms with Crippen LogP contribution in [0.2, 0.25) is 0 Å². The van der Waals surface area contributed by atoms with E-state index in [4.69, 9.17) is 0 Å². The average molecular weight is 728 g/mol. The quantitative estimate of drug-likeness (QED) is 0.175. The van der Waals surface area contributed by atoms with Crippen LogP contribution >= 0.6 is 0 Å². The van der Waals surface area contributed by atoms with E-state index in [2.05, 4.69) is 215 Å². The zero-order valence-corrected chi connectivity index (χ0v) is 31.2. The van der Waals surface area contributed by atoms with Gasteiger partial charge in [-0.1, -0.05) is 152 Å². The lowest BCUT2D eigenvalue weighted by atomic mass is 9.92. The second-order valence-corrected chi connectivity index (χ2v) is 15.3. The Labute approximate surface area is 330 Å². The number of hydrogen-bond acceptors (Lipinski definition) is 1. The molecule has 11 aromatic rings. The van der Waals surface area contributed by atoms with Crippen LogP contribution < -0.4 is 4.90 Å². The minimum atomic E-state index is 0.000829. The molecule has 0 spiro atoms. The molecule has 1 atom stereocenters. The van der Waals surface area contributed by atoms with Gasteiger partial charge >= 0.3 is 0 Å². The molecule has 0 saturated carbocycles. The van der Waals surface area contributed by atoms with Crippen molar-refractivity contribution in [3.63, 3.8) is 0 Å². The van der Waals surface area contributed by atoms with Crippen LogP contribution in [0.3, 0.4) is 0 Å². The summed E-state index contributed by atoms with van der Waals surface area (Å²) < 4.78 is 2.50. The molecular weight excluding hydrogens is 691 g/mol. The molecule has 2 aromatic heterocycles. The Morgan fingerprint density at radius 2 is 1.09 bits per heavy atom. The molecule has 12 rings (SSSR count). The first-order valence-corrected chi connectivity index (χ1v) is 19.9. The summed E-state index contributed by atoms with van der Waals surface area (Å²) in [6, 6.07) is 69.1. The third kappa shape index (κ3) is 4.85. The minimum Gasteiger partial charge on any atom is -0.354 e. The summed E-state index contributed by atoms with van der Waals surface area (Å²) in [7, 11) is 0. The molecule has 57 heavy (non-hydrogen) atoms. The van der Waals surface area contributed by atoms with Crippen molar-refractivity contribution < 1.29 is 0 Å². The van der Waals surface area contributed by atoms with Gasteiger partial charge in [-0.3, -0.25) is 0 Å². The Hall–Kier alpha value is -7.36. The van der Waals surface area contributed by atoms with Gasteiger partial charge in [0.25, 0.3) is 0 Å². The Kier molecular flexibility index (Phi) is 7.05. The van der Waals surface area contributed by atoms with E-state index in [1.807, 2.05) is 0 Å². The number of rotatable bonds is 5. The van der Waals surface area contributed by atoms with Gasteiger partial charge in [0.15, 0.2) is 0 Å². The second kappa shape index (κ2) is 12.6. The van der Waals surface area contributed by atoms with Gasteiger partial charge in [-0.15, -0.1) is 0 Å². The number of aromatic amines is 1. The highest BCUT2D eigenvalue weighted by Gasteiger charge is 2.32. The summed E-state index contributed by atoms with van der Waals surface area (Å²) in [5.74, 6) is 0. The fourth-order valence-electron chi connectivity index (χ4n) is 9.79. The predicted octanol–water partition coefficient (Wildman–Crippen LogP) is 14.7. The van der Waals surface area contributed by atoms with E-state index in [1.165, 1.54) is 93.3 Å². The van der Waals surface area contributed by atoms with Crippen molar-refractivity contribution in [2.45, 2.75) is 12.5 Å². The van der Waals surface area contributed by atoms with Crippen molar-refractivity contribution in [1.82, 2.24) is 9.55 Å². The van der Waals surface area contributed by atoms with E-state index in [0.717, 1.165) is 17.6 Å². The number of nitrogens with one attached hydrogen (secondary N) is 1. The molecule has 0 aliphatic heterocycles. The second-order valence-electron chi connectivity index (χ2n) is 15.3. The molecule has 0 amide bonds. The zero-order valence-electron chi connectivity index (χ0n) is 31.2. The molecule has 1 aliphatic rings. The maximum absolute atomic E-state index is 3.77. The number of anilines is 2. The average Bonchev–Trinajstić information content (AvgIpc) is 3.84. The van der Waals surface area contributed by atoms with Crippen molar-refractivity contribution in [2.75, 3.05) is 4.90 Å². The lowest BCUT2D eigenvalue weighted by molar-refractivity contribution is 0.666. The third-order valence-corrected chi connectivity index (χ3v) is 12.2. The van der Waals surface area contributed by atoms with E-state index in [-0.39, 0.29) is 6.04 Å². The maximum Gasteiger partial charge on any atom is 0.0787 e. The first kappa shape index (κ1) is 31.9. The van der Waals surface area contributed by atoms with Gasteiger partial charge in [0.1, 0.15) is 0 Å². The zero-order chi connectivity index (χ0) is 37.5. The van der Waals surface area contributed by atoms with Crippen molar-refractivity contribution >= 4 is 82.5 Å². The van der Waals surface area contributed by atoms with Crippen molar-refractivity contribution in [3.8, 4) is 16.8 Å². The molecule has 2 heterocycles. The van der Waals surface area contributed by atoms with Crippen LogP contribution in [0, 0.1) is 0 Å². The largest absolute Gasteiger partial charge is 0.354 e. The van der Waals surface area contributed by atoms with E-state index < -0.39 is 0 Å². The highest BCUT2D eigenvalue weighted by Crippen LogP contribution is 2.48. The van der Waals surface area contributed by atoms with Crippen molar-refractivity contribution in [3.05, 3.63) is 205 Å². The number of fused-ring (bicyclic) bond motifs is 12. The van der Waals surface area contributed by atoms with Gasteiger partial charge < -0.3 is 14.5 Å². The molecule has 0 fully saturated rings. The molecule has 3 nitrogen and oxygen atoms in total. The number of aromatic nitrogens is 2. The first-order chi connectivity index (χ1) is 28.3. The molecule has 0 radical (unpaired) electrons. The third-order valence-electron chi connectivity index (χ3n) is 12.2. The Morgan fingerprint density at radius 3 is 1.88 bits per heavy atom. The summed E-state index contributed by atoms with van der Waals surface area (Å²) in [4.78, 5) is 6.38. The lowest BCUT2D eigenvalue weighted by Gasteiger charge is -2.36. The predicted molar refractivity (Wildman–Crippen MR) is 242 cm³/mol. The fourth-order valence-corrected chi connectivity index (χ4v) is 9.79. The van der Waals surface area contributed by atoms with Crippen LogP contribution in [0.15, 0.2) is 194 Å². The Morgan fingerprint density at radius 1 is 0.474 bits per heavy atom. The number of benzene rings is 9. The minimum absolute atomic E-state index is 0.000829. The van der Waals surface area contributed by atoms with Crippen molar-refractivity contribution in [1.29, 1.82) is 0 Å². The Balaban J connectivity index is 1.14. The smallest absolute Gasteiger partial charge is 0.0787 e. The van der Waals surface area contributed by atoms with Crippen LogP contribution in [0.1, 0.15) is 23.7 Å². The summed E-state index contributed by atoms with van der Waals surface area (Å²) in [5.41, 5.74) is 12.0. The first-order valence-electron chi connectivity index (χ1n) is 19.9. The highest BCUT2D eigenvalue weighted by molar-refractivity contribution is 6.25. The van der Waals surface area contributed by atoms with Gasteiger partial charge in [0.05, 0.1) is 22.8 Å².